The number of pyridine rings is 1. The second-order valence-corrected chi connectivity index (χ2v) is 10.7. The first-order valence-electron chi connectivity index (χ1n) is 10.0. The lowest BCUT2D eigenvalue weighted by Crippen LogP contribution is -2.49. The number of carbonyl (C=O) groups is 1. The van der Waals surface area contributed by atoms with Gasteiger partial charge in [0.15, 0.2) is 14.6 Å². The van der Waals surface area contributed by atoms with Gasteiger partial charge < -0.3 is 9.47 Å². The maximum absolute atomic E-state index is 13.0. The molecule has 32 heavy (non-hydrogen) atoms. The minimum atomic E-state index is -3.84. The first-order valence-corrected chi connectivity index (χ1v) is 11.9. The van der Waals surface area contributed by atoms with Crippen molar-refractivity contribution in [2.24, 2.45) is 0 Å². The van der Waals surface area contributed by atoms with Gasteiger partial charge in [-0.25, -0.2) is 13.9 Å². The standard InChI is InChI=1S/C23H27N3O5S/c1-23(22(28)24-29,32(4,30)31)12-14-26-13-11-18-15-17(7-10-20(18)21(26)27)16-5-8-19(9-6-16)25(2)3/h5-11,13,15,29H,12,14H2,1-4H3,(H,24,28)/t23-/m1/s1. The van der Waals surface area contributed by atoms with Crippen LogP contribution in [0.25, 0.3) is 21.9 Å². The molecule has 2 aromatic carbocycles. The number of hydrogen-bond acceptors (Lipinski definition) is 6. The van der Waals surface area contributed by atoms with Gasteiger partial charge in [0, 0.05) is 44.2 Å². The number of carbonyl (C=O) groups excluding carboxylic acids is 1. The predicted octanol–water partition coefficient (Wildman–Crippen LogP) is 2.43. The summed E-state index contributed by atoms with van der Waals surface area (Å²) in [5.74, 6) is -1.03. The Kier molecular flexibility index (Phi) is 6.43. The fourth-order valence-corrected chi connectivity index (χ4v) is 4.36. The number of anilines is 1. The normalized spacial score (nSPS) is 13.5. The molecule has 0 spiro atoms. The maximum atomic E-state index is 13.0. The number of fused-ring (bicyclic) bond motifs is 1. The lowest BCUT2D eigenvalue weighted by atomic mass is 10.0. The monoisotopic (exact) mass is 457 g/mol. The Morgan fingerprint density at radius 3 is 2.28 bits per heavy atom. The molecule has 3 rings (SSSR count). The molecule has 1 aromatic heterocycles. The molecule has 0 aliphatic carbocycles. The number of aryl methyl sites for hydroxylation is 1. The van der Waals surface area contributed by atoms with Crippen molar-refractivity contribution < 1.29 is 18.4 Å². The van der Waals surface area contributed by atoms with Crippen molar-refractivity contribution in [3.63, 3.8) is 0 Å². The number of nitrogens with one attached hydrogen (secondary N) is 1. The third-order valence-corrected chi connectivity index (χ3v) is 7.95. The van der Waals surface area contributed by atoms with E-state index in [0.717, 1.165) is 28.5 Å². The fraction of sp³-hybridized carbons (Fsp3) is 0.304. The minimum absolute atomic E-state index is 0.000484. The molecule has 170 valence electrons. The molecule has 0 aliphatic rings. The number of benzene rings is 2. The van der Waals surface area contributed by atoms with Gasteiger partial charge in [-0.15, -0.1) is 0 Å². The molecule has 0 radical (unpaired) electrons. The van der Waals surface area contributed by atoms with Crippen LogP contribution in [0.3, 0.4) is 0 Å². The van der Waals surface area contributed by atoms with Crippen LogP contribution in [0.5, 0.6) is 0 Å². The Balaban J connectivity index is 1.92. The highest BCUT2D eigenvalue weighted by molar-refractivity contribution is 7.92. The topological polar surface area (TPSA) is 109 Å². The van der Waals surface area contributed by atoms with E-state index in [2.05, 4.69) is 0 Å². The zero-order valence-corrected chi connectivity index (χ0v) is 19.3. The summed E-state index contributed by atoms with van der Waals surface area (Å²) in [6.07, 6.45) is 2.35. The van der Waals surface area contributed by atoms with Crippen LogP contribution in [0.4, 0.5) is 5.69 Å². The first-order chi connectivity index (χ1) is 15.0. The van der Waals surface area contributed by atoms with Crippen molar-refractivity contribution >= 4 is 32.2 Å². The molecule has 0 fully saturated rings. The summed E-state index contributed by atoms with van der Waals surface area (Å²) >= 11 is 0. The van der Waals surface area contributed by atoms with E-state index in [0.29, 0.717) is 5.39 Å². The summed E-state index contributed by atoms with van der Waals surface area (Å²) < 4.78 is 23.8. The number of amides is 1. The van der Waals surface area contributed by atoms with Crippen molar-refractivity contribution in [3.05, 3.63) is 65.1 Å². The van der Waals surface area contributed by atoms with Crippen molar-refractivity contribution in [2.45, 2.75) is 24.6 Å². The van der Waals surface area contributed by atoms with Gasteiger partial charge in [-0.2, -0.15) is 0 Å². The van der Waals surface area contributed by atoms with Crippen LogP contribution in [0, 0.1) is 0 Å². The quantitative estimate of drug-likeness (QED) is 0.417. The zero-order valence-electron chi connectivity index (χ0n) is 18.5. The molecule has 9 heteroatoms. The Morgan fingerprint density at radius 1 is 1.09 bits per heavy atom. The third-order valence-electron chi connectivity index (χ3n) is 5.92. The Hall–Kier alpha value is -3.17. The van der Waals surface area contributed by atoms with Crippen LogP contribution in [-0.4, -0.2) is 49.2 Å². The van der Waals surface area contributed by atoms with Crippen LogP contribution in [-0.2, 0) is 21.2 Å². The molecule has 0 bridgehead atoms. The van der Waals surface area contributed by atoms with Crippen LogP contribution in [0.15, 0.2) is 59.5 Å². The van der Waals surface area contributed by atoms with E-state index in [4.69, 9.17) is 5.21 Å². The van der Waals surface area contributed by atoms with Gasteiger partial charge in [-0.1, -0.05) is 18.2 Å². The van der Waals surface area contributed by atoms with Gasteiger partial charge in [0.25, 0.3) is 11.5 Å². The van der Waals surface area contributed by atoms with E-state index >= 15 is 0 Å². The molecule has 0 unspecified atom stereocenters. The Labute approximate surface area is 187 Å². The van der Waals surface area contributed by atoms with Crippen molar-refractivity contribution in [2.75, 3.05) is 25.3 Å². The number of hydroxylamine groups is 1. The lowest BCUT2D eigenvalue weighted by Gasteiger charge is -2.25. The highest BCUT2D eigenvalue weighted by Gasteiger charge is 2.43. The Morgan fingerprint density at radius 2 is 1.72 bits per heavy atom. The van der Waals surface area contributed by atoms with Crippen LogP contribution >= 0.6 is 0 Å². The van der Waals surface area contributed by atoms with E-state index in [9.17, 15) is 18.0 Å². The third kappa shape index (κ3) is 4.39. The molecule has 8 nitrogen and oxygen atoms in total. The second kappa shape index (κ2) is 8.76. The predicted molar refractivity (Wildman–Crippen MR) is 126 cm³/mol. The van der Waals surface area contributed by atoms with Crippen molar-refractivity contribution in [3.8, 4) is 11.1 Å². The number of rotatable bonds is 7. The maximum Gasteiger partial charge on any atom is 0.264 e. The largest absolute Gasteiger partial charge is 0.378 e. The SMILES string of the molecule is CN(C)c1ccc(-c2ccc3c(=O)n(CC[C@](C)(C(=O)NO)S(C)(=O)=O)ccc3c2)cc1. The number of nitrogens with zero attached hydrogens (tertiary/aromatic N) is 2. The van der Waals surface area contributed by atoms with E-state index in [1.54, 1.807) is 18.3 Å². The van der Waals surface area contributed by atoms with Crippen molar-refractivity contribution in [1.82, 2.24) is 10.0 Å². The van der Waals surface area contributed by atoms with Crippen LogP contribution in [0.2, 0.25) is 0 Å². The summed E-state index contributed by atoms with van der Waals surface area (Å²) in [6.45, 7) is 1.23. The van der Waals surface area contributed by atoms with E-state index in [1.807, 2.05) is 55.4 Å². The average Bonchev–Trinajstić information content (AvgIpc) is 2.76. The molecule has 2 N–H and O–H groups in total. The minimum Gasteiger partial charge on any atom is -0.378 e. The van der Waals surface area contributed by atoms with Gasteiger partial charge >= 0.3 is 0 Å². The molecule has 1 atom stereocenters. The number of sulfone groups is 1. The van der Waals surface area contributed by atoms with Gasteiger partial charge in [0.05, 0.1) is 0 Å². The van der Waals surface area contributed by atoms with E-state index in [1.165, 1.54) is 17.0 Å². The molecule has 1 amide bonds. The van der Waals surface area contributed by atoms with E-state index in [-0.39, 0.29) is 18.5 Å². The molecule has 0 aliphatic heterocycles. The van der Waals surface area contributed by atoms with Crippen LogP contribution in [0.1, 0.15) is 13.3 Å². The van der Waals surface area contributed by atoms with Gasteiger partial charge in [0.2, 0.25) is 0 Å². The fourth-order valence-electron chi connectivity index (χ4n) is 3.52. The summed E-state index contributed by atoms with van der Waals surface area (Å²) in [7, 11) is 0.117. The zero-order chi connectivity index (χ0) is 23.7. The number of aromatic nitrogens is 1. The van der Waals surface area contributed by atoms with Gasteiger partial charge in [-0.3, -0.25) is 14.8 Å². The molecular formula is C23H27N3O5S. The second-order valence-electron chi connectivity index (χ2n) is 8.25. The molecule has 0 saturated carbocycles. The highest BCUT2D eigenvalue weighted by atomic mass is 32.2. The molecule has 0 saturated heterocycles. The van der Waals surface area contributed by atoms with Crippen molar-refractivity contribution in [1.29, 1.82) is 0 Å². The summed E-state index contributed by atoms with van der Waals surface area (Å²) in [6, 6.07) is 15.4. The lowest BCUT2D eigenvalue weighted by molar-refractivity contribution is -0.131. The Bertz CT molecular complexity index is 1310. The summed E-state index contributed by atoms with van der Waals surface area (Å²) in [4.78, 5) is 27.0. The van der Waals surface area contributed by atoms with E-state index < -0.39 is 20.5 Å². The summed E-state index contributed by atoms with van der Waals surface area (Å²) in [5, 5.41) is 10.2. The van der Waals surface area contributed by atoms with Gasteiger partial charge in [0.1, 0.15) is 0 Å². The van der Waals surface area contributed by atoms with Gasteiger partial charge in [-0.05, 0) is 60.2 Å². The first kappa shape index (κ1) is 23.5. The smallest absolute Gasteiger partial charge is 0.264 e. The number of hydrogen-bond donors (Lipinski definition) is 2. The molecular weight excluding hydrogens is 430 g/mol. The average molecular weight is 458 g/mol. The molecule has 1 heterocycles. The highest BCUT2D eigenvalue weighted by Crippen LogP contribution is 2.26. The van der Waals surface area contributed by atoms with Crippen LogP contribution < -0.4 is 15.9 Å². The summed E-state index contributed by atoms with van der Waals surface area (Å²) in [5.41, 5.74) is 4.23. The molecule has 3 aromatic rings.